The number of hydrogen-bond donors (Lipinski definition) is 2. The van der Waals surface area contributed by atoms with Gasteiger partial charge >= 0.3 is 0 Å². The van der Waals surface area contributed by atoms with Crippen LogP contribution in [0.3, 0.4) is 0 Å². The monoisotopic (exact) mass is 673 g/mol. The van der Waals surface area contributed by atoms with Crippen molar-refractivity contribution in [3.63, 3.8) is 0 Å². The third kappa shape index (κ3) is 4.34. The minimum atomic E-state index is -0.243. The van der Waals surface area contributed by atoms with E-state index in [9.17, 15) is 0 Å². The van der Waals surface area contributed by atoms with E-state index in [-0.39, 0.29) is 12.3 Å². The average Bonchev–Trinajstić information content (AvgIpc) is 3.85. The van der Waals surface area contributed by atoms with E-state index >= 15 is 0 Å². The van der Waals surface area contributed by atoms with Gasteiger partial charge in [-0.3, -0.25) is 9.88 Å². The van der Waals surface area contributed by atoms with Crippen LogP contribution < -0.4 is 10.6 Å². The fraction of sp³-hybridized carbons (Fsp3) is 0.0444. The molecule has 0 saturated heterocycles. The molecule has 1 aliphatic heterocycles. The lowest BCUT2D eigenvalue weighted by Crippen LogP contribution is -2.47. The SMILES string of the molecule is c1ccc(C2N=C(n3c4cc5c(cc4c4c6sc7ccccc7c6ccc43)c3ccccc3n5-c3ccccc3)NC(c3ccccc3)N2)cc1. The van der Waals surface area contributed by atoms with Gasteiger partial charge in [-0.25, -0.2) is 4.99 Å². The first kappa shape index (κ1) is 28.6. The third-order valence-electron chi connectivity index (χ3n) is 10.4. The van der Waals surface area contributed by atoms with Gasteiger partial charge in [-0.2, -0.15) is 0 Å². The second kappa shape index (κ2) is 11.2. The number of para-hydroxylation sites is 2. The van der Waals surface area contributed by atoms with E-state index in [1.807, 2.05) is 11.3 Å². The first-order valence-electron chi connectivity index (χ1n) is 17.4. The minimum Gasteiger partial charge on any atom is -0.336 e. The molecule has 0 bridgehead atoms. The Bertz CT molecular complexity index is 2970. The predicted molar refractivity (Wildman–Crippen MR) is 214 cm³/mol. The van der Waals surface area contributed by atoms with Crippen LogP contribution in [0.4, 0.5) is 0 Å². The van der Waals surface area contributed by atoms with Crippen LogP contribution in [0.15, 0.2) is 169 Å². The van der Waals surface area contributed by atoms with Gasteiger partial charge in [-0.1, -0.05) is 121 Å². The van der Waals surface area contributed by atoms with Gasteiger partial charge in [0.25, 0.3) is 0 Å². The van der Waals surface area contributed by atoms with E-state index in [1.54, 1.807) is 0 Å². The zero-order chi connectivity index (χ0) is 33.5. The van der Waals surface area contributed by atoms with Gasteiger partial charge < -0.3 is 9.88 Å². The van der Waals surface area contributed by atoms with Gasteiger partial charge in [0, 0.05) is 47.4 Å². The zero-order valence-corrected chi connectivity index (χ0v) is 28.3. The Labute approximate surface area is 297 Å². The highest BCUT2D eigenvalue weighted by Crippen LogP contribution is 2.45. The van der Waals surface area contributed by atoms with Gasteiger partial charge in [0.1, 0.15) is 12.3 Å². The summed E-state index contributed by atoms with van der Waals surface area (Å²) >= 11 is 1.88. The molecule has 0 spiro atoms. The number of benzene rings is 7. The molecule has 3 aromatic heterocycles. The topological polar surface area (TPSA) is 46.3 Å². The number of nitrogens with one attached hydrogen (secondary N) is 2. The Balaban J connectivity index is 1.27. The van der Waals surface area contributed by atoms with Crippen LogP contribution in [0.25, 0.3) is 69.5 Å². The van der Waals surface area contributed by atoms with E-state index in [0.717, 1.165) is 33.8 Å². The van der Waals surface area contributed by atoms with Crippen molar-refractivity contribution < 1.29 is 0 Å². The molecule has 1 aliphatic rings. The predicted octanol–water partition coefficient (Wildman–Crippen LogP) is 11.1. The fourth-order valence-corrected chi connectivity index (χ4v) is 9.37. The molecule has 7 aromatic carbocycles. The van der Waals surface area contributed by atoms with Crippen molar-refractivity contribution in [2.24, 2.45) is 4.99 Å². The Morgan fingerprint density at radius 1 is 0.490 bits per heavy atom. The third-order valence-corrected chi connectivity index (χ3v) is 11.6. The number of aromatic nitrogens is 2. The lowest BCUT2D eigenvalue weighted by Gasteiger charge is -2.32. The van der Waals surface area contributed by atoms with Crippen molar-refractivity contribution in [3.8, 4) is 5.69 Å². The summed E-state index contributed by atoms with van der Waals surface area (Å²) in [5.74, 6) is 0.818. The highest BCUT2D eigenvalue weighted by atomic mass is 32.1. The molecular weight excluding hydrogens is 643 g/mol. The molecule has 5 nitrogen and oxygen atoms in total. The van der Waals surface area contributed by atoms with Crippen molar-refractivity contribution in [2.45, 2.75) is 12.3 Å². The van der Waals surface area contributed by atoms with E-state index in [2.05, 4.69) is 184 Å². The van der Waals surface area contributed by atoms with Gasteiger partial charge in [0.2, 0.25) is 5.96 Å². The van der Waals surface area contributed by atoms with Crippen LogP contribution >= 0.6 is 11.3 Å². The molecule has 6 heteroatoms. The van der Waals surface area contributed by atoms with Crippen LogP contribution in [0, 0.1) is 0 Å². The number of rotatable bonds is 3. The van der Waals surface area contributed by atoms with E-state index in [4.69, 9.17) is 4.99 Å². The van der Waals surface area contributed by atoms with Crippen LogP contribution in [-0.2, 0) is 0 Å². The molecule has 242 valence electrons. The molecule has 0 amide bonds. The van der Waals surface area contributed by atoms with Crippen molar-refractivity contribution >= 4 is 81.1 Å². The molecule has 11 rings (SSSR count). The summed E-state index contributed by atoms with van der Waals surface area (Å²) in [7, 11) is 0. The molecule has 4 heterocycles. The van der Waals surface area contributed by atoms with Gasteiger partial charge in [-0.05, 0) is 53.6 Å². The van der Waals surface area contributed by atoms with Crippen LogP contribution in [-0.4, -0.2) is 15.1 Å². The van der Waals surface area contributed by atoms with E-state index in [0.29, 0.717) is 0 Å². The highest BCUT2D eigenvalue weighted by Gasteiger charge is 2.29. The van der Waals surface area contributed by atoms with Gasteiger partial charge in [0.05, 0.1) is 22.1 Å². The number of thiophene rings is 1. The van der Waals surface area contributed by atoms with Crippen molar-refractivity contribution in [1.82, 2.24) is 19.8 Å². The standard InChI is InChI=1S/C45H31N5S/c1-4-14-28(15-5-1)43-46-44(29-16-6-2-7-17-29)48-45(47-43)50-37-25-24-33-32-21-11-13-23-40(32)51-42(33)41(37)35-26-34-31-20-10-12-22-36(31)49(38(34)27-39(35)50)30-18-8-3-9-19-30/h1-27,43-44,46H,(H,47,48). The first-order valence-corrected chi connectivity index (χ1v) is 18.2. The molecule has 0 saturated carbocycles. The second-order valence-electron chi connectivity index (χ2n) is 13.3. The lowest BCUT2D eigenvalue weighted by molar-refractivity contribution is 0.403. The summed E-state index contributed by atoms with van der Waals surface area (Å²) in [6.07, 6.45) is -0.392. The number of nitrogens with zero attached hydrogens (tertiary/aromatic N) is 3. The first-order chi connectivity index (χ1) is 25.3. The molecule has 2 unspecified atom stereocenters. The molecule has 2 N–H and O–H groups in total. The zero-order valence-electron chi connectivity index (χ0n) is 27.5. The van der Waals surface area contributed by atoms with Gasteiger partial charge in [-0.15, -0.1) is 11.3 Å². The summed E-state index contributed by atoms with van der Waals surface area (Å²) in [5.41, 5.74) is 8.04. The molecule has 51 heavy (non-hydrogen) atoms. The summed E-state index contributed by atoms with van der Waals surface area (Å²) in [6, 6.07) is 58.8. The number of aliphatic imine (C=N–C) groups is 1. The molecule has 0 aliphatic carbocycles. The summed E-state index contributed by atoms with van der Waals surface area (Å²) < 4.78 is 7.37. The van der Waals surface area contributed by atoms with Gasteiger partial charge in [0.15, 0.2) is 0 Å². The van der Waals surface area contributed by atoms with Crippen LogP contribution in [0.1, 0.15) is 23.5 Å². The Hall–Kier alpha value is -6.21. The molecule has 0 radical (unpaired) electrons. The Morgan fingerprint density at radius 3 is 1.96 bits per heavy atom. The maximum absolute atomic E-state index is 5.45. The smallest absolute Gasteiger partial charge is 0.206 e. The van der Waals surface area contributed by atoms with E-state index in [1.165, 1.54) is 52.8 Å². The summed E-state index contributed by atoms with van der Waals surface area (Å²) in [4.78, 5) is 5.45. The lowest BCUT2D eigenvalue weighted by atomic mass is 10.1. The van der Waals surface area contributed by atoms with Crippen molar-refractivity contribution in [1.29, 1.82) is 0 Å². The van der Waals surface area contributed by atoms with Crippen molar-refractivity contribution in [3.05, 3.63) is 175 Å². The fourth-order valence-electron chi connectivity index (χ4n) is 8.11. The molecule has 2 atom stereocenters. The Morgan fingerprint density at radius 2 is 1.16 bits per heavy atom. The summed E-state index contributed by atoms with van der Waals surface area (Å²) in [5, 5.41) is 15.2. The molecular formula is C45H31N5S. The molecule has 0 fully saturated rings. The van der Waals surface area contributed by atoms with Crippen LogP contribution in [0.5, 0.6) is 0 Å². The number of fused-ring (bicyclic) bond motifs is 10. The molecule has 10 aromatic rings. The normalized spacial score (nSPS) is 16.4. The van der Waals surface area contributed by atoms with Crippen molar-refractivity contribution in [2.75, 3.05) is 0 Å². The van der Waals surface area contributed by atoms with E-state index < -0.39 is 0 Å². The largest absolute Gasteiger partial charge is 0.336 e. The minimum absolute atomic E-state index is 0.149. The van der Waals surface area contributed by atoms with Crippen LogP contribution in [0.2, 0.25) is 0 Å². The maximum atomic E-state index is 5.45. The second-order valence-corrected chi connectivity index (χ2v) is 14.3. The average molecular weight is 674 g/mol. The maximum Gasteiger partial charge on any atom is 0.206 e. The Kier molecular flexibility index (Phi) is 6.26. The quantitative estimate of drug-likeness (QED) is 0.196. The number of hydrogen-bond acceptors (Lipinski definition) is 4. The highest BCUT2D eigenvalue weighted by molar-refractivity contribution is 7.26. The summed E-state index contributed by atoms with van der Waals surface area (Å²) in [6.45, 7) is 0.